The molecule has 1 atom stereocenters. The maximum Gasteiger partial charge on any atom is 0.331 e. The van der Waals surface area contributed by atoms with Crippen LogP contribution in [0.3, 0.4) is 0 Å². The number of unbranched alkanes of at least 4 members (excludes halogenated alkanes) is 1. The molecule has 0 heterocycles. The van der Waals surface area contributed by atoms with Gasteiger partial charge in [-0.1, -0.05) is 83.0 Å². The van der Waals surface area contributed by atoms with Gasteiger partial charge in [-0.05, 0) is 17.9 Å². The van der Waals surface area contributed by atoms with Crippen LogP contribution in [0.1, 0.15) is 51.5 Å². The summed E-state index contributed by atoms with van der Waals surface area (Å²) < 4.78 is 0. The number of benzene rings is 1. The molecule has 0 amide bonds. The SMILES string of the molecule is C=C(CC(CC)CCCC)C(=O)O.C=C(Cc1ccccc1)C(=O)O. The first-order valence-corrected chi connectivity index (χ1v) is 8.67. The molecule has 0 bridgehead atoms. The Morgan fingerprint density at radius 3 is 2.00 bits per heavy atom. The Balaban J connectivity index is 0.000000462. The minimum absolute atomic E-state index is 0.223. The van der Waals surface area contributed by atoms with Crippen LogP contribution in [0.25, 0.3) is 0 Å². The van der Waals surface area contributed by atoms with Crippen LogP contribution in [0, 0.1) is 5.92 Å². The van der Waals surface area contributed by atoms with Gasteiger partial charge in [-0.3, -0.25) is 0 Å². The molecule has 0 spiro atoms. The summed E-state index contributed by atoms with van der Waals surface area (Å²) in [6.45, 7) is 11.3. The number of rotatable bonds is 10. The summed E-state index contributed by atoms with van der Waals surface area (Å²) in [5.74, 6) is -1.28. The molecule has 1 rings (SSSR count). The van der Waals surface area contributed by atoms with Gasteiger partial charge in [0.1, 0.15) is 0 Å². The summed E-state index contributed by atoms with van der Waals surface area (Å²) in [4.78, 5) is 20.9. The maximum atomic E-state index is 10.5. The van der Waals surface area contributed by atoms with Crippen molar-refractivity contribution in [3.05, 3.63) is 60.2 Å². The van der Waals surface area contributed by atoms with Gasteiger partial charge in [0.25, 0.3) is 0 Å². The normalized spacial score (nSPS) is 11.0. The molecule has 0 aliphatic rings. The monoisotopic (exact) mass is 346 g/mol. The highest BCUT2D eigenvalue weighted by Crippen LogP contribution is 2.20. The van der Waals surface area contributed by atoms with Crippen LogP contribution in [-0.2, 0) is 16.0 Å². The summed E-state index contributed by atoms with van der Waals surface area (Å²) in [5.41, 5.74) is 1.55. The molecule has 1 aromatic rings. The van der Waals surface area contributed by atoms with Gasteiger partial charge < -0.3 is 10.2 Å². The van der Waals surface area contributed by atoms with Crippen molar-refractivity contribution in [2.75, 3.05) is 0 Å². The van der Waals surface area contributed by atoms with E-state index in [-0.39, 0.29) is 5.57 Å². The van der Waals surface area contributed by atoms with E-state index in [1.807, 2.05) is 30.3 Å². The maximum absolute atomic E-state index is 10.5. The Morgan fingerprint density at radius 2 is 1.56 bits per heavy atom. The first-order chi connectivity index (χ1) is 11.8. The van der Waals surface area contributed by atoms with Crippen molar-refractivity contribution in [1.82, 2.24) is 0 Å². The van der Waals surface area contributed by atoms with E-state index in [1.165, 1.54) is 12.8 Å². The first-order valence-electron chi connectivity index (χ1n) is 8.67. The summed E-state index contributed by atoms with van der Waals surface area (Å²) in [7, 11) is 0. The van der Waals surface area contributed by atoms with Gasteiger partial charge in [0, 0.05) is 17.6 Å². The van der Waals surface area contributed by atoms with Crippen molar-refractivity contribution in [3.63, 3.8) is 0 Å². The highest BCUT2D eigenvalue weighted by molar-refractivity contribution is 5.86. The zero-order valence-electron chi connectivity index (χ0n) is 15.3. The minimum atomic E-state index is -0.932. The Hall–Kier alpha value is -2.36. The highest BCUT2D eigenvalue weighted by Gasteiger charge is 2.11. The summed E-state index contributed by atoms with van der Waals surface area (Å²) in [5, 5.41) is 17.2. The van der Waals surface area contributed by atoms with Gasteiger partial charge >= 0.3 is 11.9 Å². The third-order valence-electron chi connectivity index (χ3n) is 3.94. The van der Waals surface area contributed by atoms with Crippen molar-refractivity contribution in [2.45, 2.75) is 52.4 Å². The smallest absolute Gasteiger partial charge is 0.331 e. The fraction of sp³-hybridized carbons (Fsp3) is 0.429. The van der Waals surface area contributed by atoms with Gasteiger partial charge in [-0.15, -0.1) is 0 Å². The lowest BCUT2D eigenvalue weighted by Crippen LogP contribution is -2.06. The number of hydrogen-bond acceptors (Lipinski definition) is 2. The lowest BCUT2D eigenvalue weighted by atomic mass is 9.92. The Bertz CT molecular complexity index is 561. The van der Waals surface area contributed by atoms with Crippen molar-refractivity contribution in [3.8, 4) is 0 Å². The lowest BCUT2D eigenvalue weighted by molar-refractivity contribution is -0.133. The molecule has 1 aromatic carbocycles. The zero-order valence-corrected chi connectivity index (χ0v) is 15.3. The average Bonchev–Trinajstić information content (AvgIpc) is 2.59. The van der Waals surface area contributed by atoms with E-state index in [9.17, 15) is 9.59 Å². The second-order valence-corrected chi connectivity index (χ2v) is 6.10. The number of aliphatic carboxylic acids is 2. The number of carboxylic acid groups (broad SMARTS) is 2. The highest BCUT2D eigenvalue weighted by atomic mass is 16.4. The largest absolute Gasteiger partial charge is 0.478 e. The molecule has 0 radical (unpaired) electrons. The van der Waals surface area contributed by atoms with Gasteiger partial charge in [-0.25, -0.2) is 9.59 Å². The van der Waals surface area contributed by atoms with E-state index in [0.29, 0.717) is 24.3 Å². The van der Waals surface area contributed by atoms with Gasteiger partial charge in [-0.2, -0.15) is 0 Å². The van der Waals surface area contributed by atoms with E-state index in [0.717, 1.165) is 18.4 Å². The van der Waals surface area contributed by atoms with Crippen molar-refractivity contribution >= 4 is 11.9 Å². The molecule has 2 N–H and O–H groups in total. The number of hydrogen-bond donors (Lipinski definition) is 2. The van der Waals surface area contributed by atoms with Crippen molar-refractivity contribution in [1.29, 1.82) is 0 Å². The average molecular weight is 346 g/mol. The van der Waals surface area contributed by atoms with Crippen LogP contribution >= 0.6 is 0 Å². The molecular weight excluding hydrogens is 316 g/mol. The zero-order chi connectivity index (χ0) is 19.2. The lowest BCUT2D eigenvalue weighted by Gasteiger charge is -2.13. The second-order valence-electron chi connectivity index (χ2n) is 6.10. The van der Waals surface area contributed by atoms with Crippen LogP contribution in [0.5, 0.6) is 0 Å². The summed E-state index contributed by atoms with van der Waals surface area (Å²) in [6.07, 6.45) is 5.59. The fourth-order valence-electron chi connectivity index (χ4n) is 2.30. The Labute approximate surface area is 150 Å². The molecule has 1 unspecified atom stereocenters. The third-order valence-corrected chi connectivity index (χ3v) is 3.94. The Kier molecular flexibility index (Phi) is 11.8. The molecule has 0 aliphatic heterocycles. The minimum Gasteiger partial charge on any atom is -0.478 e. The van der Waals surface area contributed by atoms with E-state index >= 15 is 0 Å². The van der Waals surface area contributed by atoms with Gasteiger partial charge in [0.05, 0.1) is 0 Å². The first kappa shape index (κ1) is 22.6. The van der Waals surface area contributed by atoms with E-state index < -0.39 is 11.9 Å². The van der Waals surface area contributed by atoms with Crippen molar-refractivity contribution in [2.24, 2.45) is 5.92 Å². The standard InChI is InChI=1S/C11H20O2.C10H10O2/c1-4-6-7-10(5-2)8-9(3)11(12)13;1-8(10(11)12)7-9-5-3-2-4-6-9/h10H,3-8H2,1-2H3,(H,12,13);2-6H,1,7H2,(H,11,12). The number of carboxylic acids is 2. The van der Waals surface area contributed by atoms with Gasteiger partial charge in [0.2, 0.25) is 0 Å². The van der Waals surface area contributed by atoms with Crippen LogP contribution in [0.15, 0.2) is 54.6 Å². The predicted octanol–water partition coefficient (Wildman–Crippen LogP) is 5.10. The molecule has 0 saturated carbocycles. The van der Waals surface area contributed by atoms with Gasteiger partial charge in [0.15, 0.2) is 0 Å². The molecule has 25 heavy (non-hydrogen) atoms. The van der Waals surface area contributed by atoms with E-state index in [2.05, 4.69) is 27.0 Å². The molecule has 4 nitrogen and oxygen atoms in total. The quantitative estimate of drug-likeness (QED) is 0.578. The predicted molar refractivity (Wildman–Crippen MR) is 102 cm³/mol. The van der Waals surface area contributed by atoms with Crippen LogP contribution in [0.2, 0.25) is 0 Å². The van der Waals surface area contributed by atoms with Crippen LogP contribution in [0.4, 0.5) is 0 Å². The van der Waals surface area contributed by atoms with Crippen LogP contribution in [-0.4, -0.2) is 22.2 Å². The van der Waals surface area contributed by atoms with E-state index in [4.69, 9.17) is 10.2 Å². The molecule has 4 heteroatoms. The molecule has 0 saturated heterocycles. The van der Waals surface area contributed by atoms with E-state index in [1.54, 1.807) is 0 Å². The topological polar surface area (TPSA) is 74.6 Å². The second kappa shape index (κ2) is 13.0. The van der Waals surface area contributed by atoms with Crippen molar-refractivity contribution < 1.29 is 19.8 Å². The molecule has 0 fully saturated rings. The molecule has 138 valence electrons. The molecule has 0 aliphatic carbocycles. The molecule has 0 aromatic heterocycles. The Morgan fingerprint density at radius 1 is 1.00 bits per heavy atom. The van der Waals surface area contributed by atoms with Crippen LogP contribution < -0.4 is 0 Å². The third kappa shape index (κ3) is 10.9. The molecular formula is C21H30O4. The summed E-state index contributed by atoms with van der Waals surface area (Å²) >= 11 is 0. The fourth-order valence-corrected chi connectivity index (χ4v) is 2.30. The number of carbonyl (C=O) groups is 2. The summed E-state index contributed by atoms with van der Waals surface area (Å²) in [6, 6.07) is 9.42.